The van der Waals surface area contributed by atoms with Gasteiger partial charge in [0.2, 0.25) is 6.79 Å². The van der Waals surface area contributed by atoms with Crippen molar-refractivity contribution >= 4 is 17.3 Å². The van der Waals surface area contributed by atoms with Crippen LogP contribution >= 0.6 is 0 Å². The van der Waals surface area contributed by atoms with Gasteiger partial charge in [-0.15, -0.1) is 0 Å². The Morgan fingerprint density at radius 3 is 2.35 bits per heavy atom. The fraction of sp³-hybridized carbons (Fsp3) is 0.240. The van der Waals surface area contributed by atoms with E-state index in [9.17, 15) is 4.79 Å². The summed E-state index contributed by atoms with van der Waals surface area (Å²) in [6.07, 6.45) is 0. The Morgan fingerprint density at radius 1 is 0.839 bits per heavy atom. The average molecular weight is 415 g/mol. The van der Waals surface area contributed by atoms with Gasteiger partial charge in [0.15, 0.2) is 11.5 Å². The molecule has 0 aromatic heterocycles. The van der Waals surface area contributed by atoms with Crippen LogP contribution in [0.2, 0.25) is 0 Å². The van der Waals surface area contributed by atoms with E-state index in [1.807, 2.05) is 30.3 Å². The molecular weight excluding hydrogens is 390 g/mol. The zero-order valence-electron chi connectivity index (χ0n) is 17.3. The fourth-order valence-corrected chi connectivity index (χ4v) is 4.00. The lowest BCUT2D eigenvalue weighted by Gasteiger charge is -2.36. The lowest BCUT2D eigenvalue weighted by atomic mass is 10.1. The van der Waals surface area contributed by atoms with Crippen molar-refractivity contribution in [2.45, 2.75) is 6.54 Å². The van der Waals surface area contributed by atoms with Gasteiger partial charge in [-0.05, 0) is 42.0 Å². The number of rotatable bonds is 5. The van der Waals surface area contributed by atoms with Crippen LogP contribution in [0.25, 0.3) is 0 Å². The zero-order valence-corrected chi connectivity index (χ0v) is 17.3. The first-order chi connectivity index (χ1) is 15.2. The summed E-state index contributed by atoms with van der Waals surface area (Å²) in [5.41, 5.74) is 3.83. The Morgan fingerprint density at radius 2 is 1.58 bits per heavy atom. The number of carbonyl (C=O) groups is 1. The number of nitrogens with one attached hydrogen (secondary N) is 1. The maximum absolute atomic E-state index is 12.6. The van der Waals surface area contributed by atoms with Gasteiger partial charge >= 0.3 is 0 Å². The normalized spacial score (nSPS) is 15.7. The van der Waals surface area contributed by atoms with E-state index < -0.39 is 0 Å². The maximum atomic E-state index is 12.6. The summed E-state index contributed by atoms with van der Waals surface area (Å²) < 4.78 is 10.7. The van der Waals surface area contributed by atoms with Crippen LogP contribution in [0.15, 0.2) is 72.8 Å². The van der Waals surface area contributed by atoms with Gasteiger partial charge in [-0.2, -0.15) is 0 Å². The molecule has 2 heterocycles. The summed E-state index contributed by atoms with van der Waals surface area (Å²) in [5, 5.41) is 2.92. The molecule has 1 fully saturated rings. The maximum Gasteiger partial charge on any atom is 0.255 e. The predicted molar refractivity (Wildman–Crippen MR) is 121 cm³/mol. The van der Waals surface area contributed by atoms with Gasteiger partial charge < -0.3 is 19.7 Å². The molecular formula is C25H25N3O3. The molecule has 1 saturated heterocycles. The molecule has 0 radical (unpaired) electrons. The molecule has 6 heteroatoms. The summed E-state index contributed by atoms with van der Waals surface area (Å²) in [4.78, 5) is 17.5. The van der Waals surface area contributed by atoms with Gasteiger partial charge in [0.1, 0.15) is 0 Å². The molecule has 6 nitrogen and oxygen atoms in total. The molecule has 0 aliphatic carbocycles. The first kappa shape index (κ1) is 19.5. The number of amides is 1. The minimum atomic E-state index is -0.137. The highest BCUT2D eigenvalue weighted by Gasteiger charge is 2.18. The molecule has 0 saturated carbocycles. The van der Waals surface area contributed by atoms with E-state index in [1.54, 1.807) is 12.1 Å². The third-order valence-electron chi connectivity index (χ3n) is 5.75. The molecule has 2 aliphatic heterocycles. The fourth-order valence-electron chi connectivity index (χ4n) is 4.00. The van der Waals surface area contributed by atoms with Crippen molar-refractivity contribution in [1.82, 2.24) is 4.90 Å². The van der Waals surface area contributed by atoms with Crippen LogP contribution in [0.1, 0.15) is 15.9 Å². The molecule has 0 unspecified atom stereocenters. The smallest absolute Gasteiger partial charge is 0.255 e. The summed E-state index contributed by atoms with van der Waals surface area (Å²) in [5.74, 6) is 1.22. The topological polar surface area (TPSA) is 54.0 Å². The molecule has 3 aromatic rings. The van der Waals surface area contributed by atoms with E-state index in [-0.39, 0.29) is 12.7 Å². The number of hydrogen-bond acceptors (Lipinski definition) is 5. The van der Waals surface area contributed by atoms with Crippen LogP contribution in [0, 0.1) is 0 Å². The quantitative estimate of drug-likeness (QED) is 0.683. The van der Waals surface area contributed by atoms with E-state index in [1.165, 1.54) is 11.3 Å². The predicted octanol–water partition coefficient (Wildman–Crippen LogP) is 3.99. The molecule has 158 valence electrons. The molecule has 5 rings (SSSR count). The van der Waals surface area contributed by atoms with E-state index in [2.05, 4.69) is 45.4 Å². The summed E-state index contributed by atoms with van der Waals surface area (Å²) in [6, 6.07) is 23.8. The number of para-hydroxylation sites is 1. The van der Waals surface area contributed by atoms with Gasteiger partial charge in [-0.1, -0.05) is 30.3 Å². The number of carbonyl (C=O) groups excluding carboxylic acids is 1. The van der Waals surface area contributed by atoms with Crippen LogP contribution in [-0.4, -0.2) is 43.8 Å². The summed E-state index contributed by atoms with van der Waals surface area (Å²) in [7, 11) is 0. The van der Waals surface area contributed by atoms with E-state index in [0.29, 0.717) is 22.7 Å². The van der Waals surface area contributed by atoms with Gasteiger partial charge in [-0.3, -0.25) is 9.69 Å². The van der Waals surface area contributed by atoms with E-state index in [0.717, 1.165) is 32.7 Å². The second-order valence-corrected chi connectivity index (χ2v) is 7.82. The number of nitrogens with zero attached hydrogens (tertiary/aromatic N) is 2. The number of piperazine rings is 1. The highest BCUT2D eigenvalue weighted by Crippen LogP contribution is 2.34. The monoisotopic (exact) mass is 415 g/mol. The van der Waals surface area contributed by atoms with Crippen LogP contribution in [0.4, 0.5) is 11.4 Å². The molecule has 3 aromatic carbocycles. The van der Waals surface area contributed by atoms with Crippen molar-refractivity contribution in [2.75, 3.05) is 43.2 Å². The van der Waals surface area contributed by atoms with Crippen molar-refractivity contribution in [3.05, 3.63) is 83.9 Å². The van der Waals surface area contributed by atoms with Crippen LogP contribution in [0.3, 0.4) is 0 Å². The first-order valence-electron chi connectivity index (χ1n) is 10.6. The molecule has 1 amide bonds. The largest absolute Gasteiger partial charge is 0.454 e. The standard InChI is InChI=1S/C25H25N3O3/c29-25(26-21-10-11-23-24(16-21)31-18-30-23)20-8-6-19(7-9-20)17-27-12-14-28(15-13-27)22-4-2-1-3-5-22/h1-11,16H,12-15,17-18H2,(H,26,29). The van der Waals surface area contributed by atoms with Crippen molar-refractivity contribution in [3.8, 4) is 11.5 Å². The zero-order chi connectivity index (χ0) is 21.0. The third kappa shape index (κ3) is 4.49. The number of fused-ring (bicyclic) bond motifs is 1. The third-order valence-corrected chi connectivity index (χ3v) is 5.75. The van der Waals surface area contributed by atoms with Gasteiger partial charge in [0.25, 0.3) is 5.91 Å². The molecule has 0 bridgehead atoms. The Bertz CT molecular complexity index is 1050. The molecule has 0 atom stereocenters. The lowest BCUT2D eigenvalue weighted by Crippen LogP contribution is -2.45. The van der Waals surface area contributed by atoms with Gasteiger partial charge in [-0.25, -0.2) is 0 Å². The summed E-state index contributed by atoms with van der Waals surface area (Å²) in [6.45, 7) is 5.23. The van der Waals surface area contributed by atoms with Crippen LogP contribution in [0.5, 0.6) is 11.5 Å². The van der Waals surface area contributed by atoms with Gasteiger partial charge in [0, 0.05) is 55.7 Å². The molecule has 2 aliphatic rings. The highest BCUT2D eigenvalue weighted by atomic mass is 16.7. The minimum Gasteiger partial charge on any atom is -0.454 e. The molecule has 0 spiro atoms. The van der Waals surface area contributed by atoms with Crippen molar-refractivity contribution < 1.29 is 14.3 Å². The minimum absolute atomic E-state index is 0.137. The molecule has 31 heavy (non-hydrogen) atoms. The lowest BCUT2D eigenvalue weighted by molar-refractivity contribution is 0.102. The van der Waals surface area contributed by atoms with E-state index >= 15 is 0 Å². The van der Waals surface area contributed by atoms with E-state index in [4.69, 9.17) is 9.47 Å². The van der Waals surface area contributed by atoms with Crippen LogP contribution in [-0.2, 0) is 6.54 Å². The van der Waals surface area contributed by atoms with Gasteiger partial charge in [0.05, 0.1) is 0 Å². The Hall–Kier alpha value is -3.51. The number of ether oxygens (including phenoxy) is 2. The average Bonchev–Trinajstić information content (AvgIpc) is 3.29. The highest BCUT2D eigenvalue weighted by molar-refractivity contribution is 6.04. The number of hydrogen-bond donors (Lipinski definition) is 1. The Kier molecular flexibility index (Phi) is 5.46. The van der Waals surface area contributed by atoms with Crippen molar-refractivity contribution in [2.24, 2.45) is 0 Å². The Balaban J connectivity index is 1.15. The first-order valence-corrected chi connectivity index (χ1v) is 10.6. The van der Waals surface area contributed by atoms with Crippen LogP contribution < -0.4 is 19.7 Å². The van der Waals surface area contributed by atoms with Crippen molar-refractivity contribution in [1.29, 1.82) is 0 Å². The SMILES string of the molecule is O=C(Nc1ccc2c(c1)OCO2)c1ccc(CN2CCN(c3ccccc3)CC2)cc1. The number of anilines is 2. The van der Waals surface area contributed by atoms with Crippen molar-refractivity contribution in [3.63, 3.8) is 0 Å². The second kappa shape index (κ2) is 8.70. The summed E-state index contributed by atoms with van der Waals surface area (Å²) >= 11 is 0. The Labute approximate surface area is 182 Å². The second-order valence-electron chi connectivity index (χ2n) is 7.82. The number of benzene rings is 3. The molecule has 1 N–H and O–H groups in total.